The van der Waals surface area contributed by atoms with Gasteiger partial charge in [-0.3, -0.25) is 0 Å². The summed E-state index contributed by atoms with van der Waals surface area (Å²) in [5, 5.41) is 3.44. The van der Waals surface area contributed by atoms with Gasteiger partial charge in [0.15, 0.2) is 0 Å². The van der Waals surface area contributed by atoms with E-state index in [4.69, 9.17) is 9.47 Å². The van der Waals surface area contributed by atoms with E-state index in [1.807, 2.05) is 0 Å². The van der Waals surface area contributed by atoms with Crippen LogP contribution in [0, 0.1) is 0 Å². The Kier molecular flexibility index (Phi) is 7.87. The number of ether oxygens (including phenoxy) is 2. The van der Waals surface area contributed by atoms with E-state index in [2.05, 4.69) is 33.0 Å². The minimum absolute atomic E-state index is 0.354. The lowest BCUT2D eigenvalue weighted by atomic mass is 10.0. The summed E-state index contributed by atoms with van der Waals surface area (Å²) in [6.07, 6.45) is 6.90. The van der Waals surface area contributed by atoms with Crippen LogP contribution in [0.2, 0.25) is 0 Å². The summed E-state index contributed by atoms with van der Waals surface area (Å²) in [6, 6.07) is 0.637. The van der Waals surface area contributed by atoms with Crippen molar-refractivity contribution in [2.75, 3.05) is 13.2 Å². The van der Waals surface area contributed by atoms with E-state index in [1.54, 1.807) is 0 Å². The topological polar surface area (TPSA) is 30.5 Å². The van der Waals surface area contributed by atoms with Gasteiger partial charge in [0.1, 0.15) is 0 Å². The number of hydrogen-bond donors (Lipinski definition) is 1. The highest BCUT2D eigenvalue weighted by atomic mass is 16.5. The molecule has 1 rings (SSSR count). The third-order valence-corrected chi connectivity index (χ3v) is 3.59. The molecule has 0 radical (unpaired) electrons. The van der Waals surface area contributed by atoms with Crippen molar-refractivity contribution < 1.29 is 9.47 Å². The highest BCUT2D eigenvalue weighted by Gasteiger charge is 2.24. The highest BCUT2D eigenvalue weighted by molar-refractivity contribution is 4.73. The van der Waals surface area contributed by atoms with Crippen LogP contribution in [0.3, 0.4) is 0 Å². The summed E-state index contributed by atoms with van der Waals surface area (Å²) in [5.74, 6) is 0. The molecule has 0 bridgehead atoms. The van der Waals surface area contributed by atoms with Gasteiger partial charge in [-0.25, -0.2) is 0 Å². The molecular weight excluding hydrogens is 226 g/mol. The van der Waals surface area contributed by atoms with E-state index in [1.165, 1.54) is 19.3 Å². The molecule has 0 amide bonds. The first-order valence-electron chi connectivity index (χ1n) is 7.62. The maximum Gasteiger partial charge on any atom is 0.0624 e. The zero-order chi connectivity index (χ0) is 13.4. The summed E-state index contributed by atoms with van der Waals surface area (Å²) < 4.78 is 11.7. The number of nitrogens with one attached hydrogen (secondary N) is 1. The van der Waals surface area contributed by atoms with Gasteiger partial charge in [0.2, 0.25) is 0 Å². The fourth-order valence-corrected chi connectivity index (χ4v) is 2.73. The normalized spacial score (nSPS) is 30.3. The summed E-state index contributed by atoms with van der Waals surface area (Å²) in [5.41, 5.74) is 0. The molecule has 0 aromatic rings. The van der Waals surface area contributed by atoms with E-state index in [0.717, 1.165) is 26.0 Å². The Hall–Kier alpha value is -0.120. The lowest BCUT2D eigenvalue weighted by Crippen LogP contribution is -2.34. The average molecular weight is 257 g/mol. The van der Waals surface area contributed by atoms with E-state index in [9.17, 15) is 0 Å². The second-order valence-electron chi connectivity index (χ2n) is 5.68. The molecule has 18 heavy (non-hydrogen) atoms. The van der Waals surface area contributed by atoms with Crippen molar-refractivity contribution in [1.29, 1.82) is 0 Å². The molecule has 3 unspecified atom stereocenters. The van der Waals surface area contributed by atoms with Crippen molar-refractivity contribution >= 4 is 0 Å². The predicted molar refractivity (Wildman–Crippen MR) is 76.0 cm³/mol. The minimum atomic E-state index is 0.354. The van der Waals surface area contributed by atoms with Crippen molar-refractivity contribution in [3.8, 4) is 0 Å². The van der Waals surface area contributed by atoms with E-state index >= 15 is 0 Å². The molecule has 108 valence electrons. The van der Waals surface area contributed by atoms with Gasteiger partial charge in [-0.15, -0.1) is 0 Å². The molecule has 1 saturated heterocycles. The molecule has 3 atom stereocenters. The molecular formula is C15H31NO2. The first-order valence-corrected chi connectivity index (χ1v) is 7.62. The van der Waals surface area contributed by atoms with Crippen molar-refractivity contribution in [2.45, 2.75) is 84.2 Å². The zero-order valence-electron chi connectivity index (χ0n) is 12.6. The Morgan fingerprint density at radius 2 is 1.89 bits per heavy atom. The molecule has 0 aromatic heterocycles. The van der Waals surface area contributed by atoms with E-state index < -0.39 is 0 Å². The largest absolute Gasteiger partial charge is 0.378 e. The standard InChI is InChI=1S/C15H31NO2/c1-5-16-12(2)8-6-7-9-17-15-10-13(3)18-14(4)11-15/h12-16H,5-11H2,1-4H3. The SMILES string of the molecule is CCNC(C)CCCCOC1CC(C)OC(C)C1. The van der Waals surface area contributed by atoms with E-state index in [0.29, 0.717) is 24.4 Å². The lowest BCUT2D eigenvalue weighted by molar-refractivity contribution is -0.102. The first-order chi connectivity index (χ1) is 8.61. The zero-order valence-corrected chi connectivity index (χ0v) is 12.6. The Morgan fingerprint density at radius 3 is 2.50 bits per heavy atom. The Bertz CT molecular complexity index is 201. The van der Waals surface area contributed by atoms with Gasteiger partial charge in [-0.1, -0.05) is 6.92 Å². The maximum atomic E-state index is 5.97. The van der Waals surface area contributed by atoms with Crippen LogP contribution in [0.4, 0.5) is 0 Å². The Balaban J connectivity index is 2.00. The van der Waals surface area contributed by atoms with Gasteiger partial charge in [-0.2, -0.15) is 0 Å². The van der Waals surface area contributed by atoms with Crippen molar-refractivity contribution in [1.82, 2.24) is 5.32 Å². The van der Waals surface area contributed by atoms with Crippen LogP contribution in [-0.2, 0) is 9.47 Å². The third kappa shape index (κ3) is 6.72. The molecule has 3 heteroatoms. The average Bonchev–Trinajstić information content (AvgIpc) is 2.27. The van der Waals surface area contributed by atoms with Crippen LogP contribution in [0.25, 0.3) is 0 Å². The van der Waals surface area contributed by atoms with Gasteiger partial charge in [0, 0.05) is 12.6 Å². The third-order valence-electron chi connectivity index (χ3n) is 3.59. The molecule has 1 fully saturated rings. The van der Waals surface area contributed by atoms with Gasteiger partial charge in [0.25, 0.3) is 0 Å². The minimum Gasteiger partial charge on any atom is -0.378 e. The Labute approximate surface area is 113 Å². The molecule has 1 aliphatic heterocycles. The van der Waals surface area contributed by atoms with Gasteiger partial charge >= 0.3 is 0 Å². The quantitative estimate of drug-likeness (QED) is 0.678. The van der Waals surface area contributed by atoms with Crippen molar-refractivity contribution in [3.05, 3.63) is 0 Å². The van der Waals surface area contributed by atoms with Gasteiger partial charge < -0.3 is 14.8 Å². The van der Waals surface area contributed by atoms with Gasteiger partial charge in [0.05, 0.1) is 18.3 Å². The first kappa shape index (κ1) is 15.9. The fraction of sp³-hybridized carbons (Fsp3) is 1.00. The molecule has 1 N–H and O–H groups in total. The molecule has 3 nitrogen and oxygen atoms in total. The lowest BCUT2D eigenvalue weighted by Gasteiger charge is -2.32. The second kappa shape index (κ2) is 8.89. The fourth-order valence-electron chi connectivity index (χ4n) is 2.73. The monoisotopic (exact) mass is 257 g/mol. The summed E-state index contributed by atoms with van der Waals surface area (Å²) in [4.78, 5) is 0. The number of hydrogen-bond acceptors (Lipinski definition) is 3. The van der Waals surface area contributed by atoms with Gasteiger partial charge in [-0.05, 0) is 59.4 Å². The molecule has 1 aliphatic rings. The van der Waals surface area contributed by atoms with Crippen LogP contribution < -0.4 is 5.32 Å². The van der Waals surface area contributed by atoms with Crippen molar-refractivity contribution in [2.24, 2.45) is 0 Å². The maximum absolute atomic E-state index is 5.97. The van der Waals surface area contributed by atoms with Crippen LogP contribution >= 0.6 is 0 Å². The van der Waals surface area contributed by atoms with Crippen LogP contribution in [0.5, 0.6) is 0 Å². The molecule has 0 aliphatic carbocycles. The van der Waals surface area contributed by atoms with Crippen molar-refractivity contribution in [3.63, 3.8) is 0 Å². The summed E-state index contributed by atoms with van der Waals surface area (Å²) in [7, 11) is 0. The molecule has 0 spiro atoms. The van der Waals surface area contributed by atoms with E-state index in [-0.39, 0.29) is 0 Å². The number of unbranched alkanes of at least 4 members (excludes halogenated alkanes) is 1. The number of rotatable bonds is 8. The molecule has 0 saturated carbocycles. The highest BCUT2D eigenvalue weighted by Crippen LogP contribution is 2.21. The molecule has 0 aromatic carbocycles. The Morgan fingerprint density at radius 1 is 1.22 bits per heavy atom. The van der Waals surface area contributed by atoms with Crippen LogP contribution in [0.15, 0.2) is 0 Å². The summed E-state index contributed by atoms with van der Waals surface area (Å²) in [6.45, 7) is 10.7. The van der Waals surface area contributed by atoms with Crippen LogP contribution in [-0.4, -0.2) is 37.5 Å². The molecule has 1 heterocycles. The summed E-state index contributed by atoms with van der Waals surface area (Å²) >= 11 is 0. The smallest absolute Gasteiger partial charge is 0.0624 e. The van der Waals surface area contributed by atoms with Crippen LogP contribution in [0.1, 0.15) is 59.8 Å². The predicted octanol–water partition coefficient (Wildman–Crippen LogP) is 3.13. The second-order valence-corrected chi connectivity index (χ2v) is 5.68.